The first-order chi connectivity index (χ1) is 28.2. The molecule has 0 bridgehead atoms. The SMILES string of the molecule is CNc1cc(N2CCc3c(C4CCN(CC5(F)CC6(CCN(C(=O)c7cc(N8CCC(=O)NC8=O)c(Cl)c(C)n7)CC6)C5)CC4F)cccc32)nn2c(C(N)=O)cnc12. The molecule has 3 saturated heterocycles. The Morgan fingerprint density at radius 1 is 1.05 bits per heavy atom. The average Bonchev–Trinajstić information content (AvgIpc) is 3.84. The summed E-state index contributed by atoms with van der Waals surface area (Å²) >= 11 is 6.50. The van der Waals surface area contributed by atoms with Crippen LogP contribution in [0.3, 0.4) is 0 Å². The molecule has 7 heterocycles. The van der Waals surface area contributed by atoms with Crippen molar-refractivity contribution in [2.24, 2.45) is 11.1 Å². The maximum Gasteiger partial charge on any atom is 0.328 e. The number of nitrogens with one attached hydrogen (secondary N) is 2. The van der Waals surface area contributed by atoms with E-state index in [1.165, 1.54) is 21.7 Å². The van der Waals surface area contributed by atoms with E-state index in [1.54, 1.807) is 18.9 Å². The summed E-state index contributed by atoms with van der Waals surface area (Å²) in [4.78, 5) is 65.7. The van der Waals surface area contributed by atoms with Crippen molar-refractivity contribution in [3.8, 4) is 0 Å². The van der Waals surface area contributed by atoms with Crippen LogP contribution in [0.25, 0.3) is 5.65 Å². The molecule has 59 heavy (non-hydrogen) atoms. The van der Waals surface area contributed by atoms with Crippen molar-refractivity contribution in [2.75, 3.05) is 68.0 Å². The van der Waals surface area contributed by atoms with Gasteiger partial charge in [-0.1, -0.05) is 23.7 Å². The third-order valence-corrected chi connectivity index (χ3v) is 13.5. The van der Waals surface area contributed by atoms with Gasteiger partial charge < -0.3 is 20.9 Å². The molecule has 5 aliphatic rings. The maximum absolute atomic E-state index is 16.4. The minimum atomic E-state index is -1.42. The molecule has 1 spiro atoms. The average molecular weight is 830 g/mol. The van der Waals surface area contributed by atoms with Gasteiger partial charge >= 0.3 is 6.03 Å². The first-order valence-corrected chi connectivity index (χ1v) is 20.5. The van der Waals surface area contributed by atoms with Gasteiger partial charge in [0.1, 0.15) is 23.2 Å². The minimum Gasteiger partial charge on any atom is -0.385 e. The van der Waals surface area contributed by atoms with Crippen LogP contribution in [0.15, 0.2) is 36.5 Å². The number of imide groups is 1. The number of nitrogens with zero attached hydrogens (tertiary/aromatic N) is 8. The van der Waals surface area contributed by atoms with Crippen molar-refractivity contribution < 1.29 is 28.0 Å². The largest absolute Gasteiger partial charge is 0.385 e. The number of carbonyl (C=O) groups is 4. The molecule has 9 rings (SSSR count). The molecular formula is C41H46ClF2N11O4. The van der Waals surface area contributed by atoms with Crippen LogP contribution < -0.4 is 26.2 Å². The van der Waals surface area contributed by atoms with E-state index in [2.05, 4.69) is 25.5 Å². The van der Waals surface area contributed by atoms with Gasteiger partial charge in [-0.2, -0.15) is 0 Å². The predicted molar refractivity (Wildman–Crippen MR) is 217 cm³/mol. The number of halogens is 3. The van der Waals surface area contributed by atoms with Crippen molar-refractivity contribution in [1.29, 1.82) is 0 Å². The Kier molecular flexibility index (Phi) is 9.73. The van der Waals surface area contributed by atoms with Crippen LogP contribution in [0.4, 0.5) is 36.5 Å². The van der Waals surface area contributed by atoms with Crippen molar-refractivity contribution in [2.45, 2.75) is 69.6 Å². The van der Waals surface area contributed by atoms with Crippen molar-refractivity contribution in [3.05, 3.63) is 69.8 Å². The number of pyridine rings is 1. The number of primary amides is 1. The predicted octanol–water partition coefficient (Wildman–Crippen LogP) is 4.92. The van der Waals surface area contributed by atoms with E-state index in [0.717, 1.165) is 16.8 Å². The number of aryl methyl sites for hydroxylation is 1. The van der Waals surface area contributed by atoms with E-state index in [1.807, 2.05) is 29.2 Å². The number of alkyl halides is 2. The Morgan fingerprint density at radius 3 is 2.53 bits per heavy atom. The van der Waals surface area contributed by atoms with Crippen LogP contribution in [0.5, 0.6) is 0 Å². The van der Waals surface area contributed by atoms with Gasteiger partial charge in [-0.15, -0.1) is 5.10 Å². The molecule has 1 saturated carbocycles. The van der Waals surface area contributed by atoms with E-state index in [4.69, 9.17) is 22.4 Å². The highest BCUT2D eigenvalue weighted by molar-refractivity contribution is 6.34. The smallest absolute Gasteiger partial charge is 0.328 e. The highest BCUT2D eigenvalue weighted by Crippen LogP contribution is 2.57. The molecule has 0 radical (unpaired) electrons. The molecule has 1 aromatic carbocycles. The highest BCUT2D eigenvalue weighted by atomic mass is 35.5. The molecule has 4 fully saturated rings. The summed E-state index contributed by atoms with van der Waals surface area (Å²) in [6.45, 7) is 4.25. The second-order valence-corrected chi connectivity index (χ2v) is 17.2. The van der Waals surface area contributed by atoms with E-state index in [0.29, 0.717) is 93.2 Å². The quantitative estimate of drug-likeness (QED) is 0.221. The molecule has 5 amide bonds. The summed E-state index contributed by atoms with van der Waals surface area (Å²) in [6.07, 6.45) is 3.69. The van der Waals surface area contributed by atoms with Crippen molar-refractivity contribution >= 4 is 63.9 Å². The summed E-state index contributed by atoms with van der Waals surface area (Å²) in [5, 5.41) is 10.4. The first-order valence-electron chi connectivity index (χ1n) is 20.1. The molecule has 4 N–H and O–H groups in total. The number of urea groups is 1. The number of carbonyl (C=O) groups excluding carboxylic acids is 4. The fourth-order valence-corrected chi connectivity index (χ4v) is 10.4. The molecule has 2 atom stereocenters. The van der Waals surface area contributed by atoms with Crippen LogP contribution >= 0.6 is 11.6 Å². The fourth-order valence-electron chi connectivity index (χ4n) is 10.2. The van der Waals surface area contributed by atoms with Gasteiger partial charge in [0.2, 0.25) is 5.91 Å². The van der Waals surface area contributed by atoms with Gasteiger partial charge in [0, 0.05) is 70.4 Å². The van der Waals surface area contributed by atoms with Gasteiger partial charge in [0.15, 0.2) is 11.5 Å². The number of fused-ring (bicyclic) bond motifs is 2. The minimum absolute atomic E-state index is 0.116. The summed E-state index contributed by atoms with van der Waals surface area (Å²) in [7, 11) is 1.77. The number of aromatic nitrogens is 4. The van der Waals surface area contributed by atoms with Crippen LogP contribution in [0, 0.1) is 12.3 Å². The lowest BCUT2D eigenvalue weighted by atomic mass is 9.55. The number of imidazole rings is 1. The Labute approximate surface area is 344 Å². The van der Waals surface area contributed by atoms with Crippen LogP contribution in [-0.2, 0) is 11.2 Å². The van der Waals surface area contributed by atoms with Crippen LogP contribution in [0.2, 0.25) is 5.02 Å². The van der Waals surface area contributed by atoms with Gasteiger partial charge in [-0.25, -0.2) is 28.1 Å². The third kappa shape index (κ3) is 6.90. The second-order valence-electron chi connectivity index (χ2n) is 16.8. The van der Waals surface area contributed by atoms with Crippen molar-refractivity contribution in [3.63, 3.8) is 0 Å². The molecular weight excluding hydrogens is 784 g/mol. The summed E-state index contributed by atoms with van der Waals surface area (Å²) in [6, 6.07) is 8.74. The van der Waals surface area contributed by atoms with Gasteiger partial charge in [0.05, 0.1) is 28.3 Å². The topological polar surface area (TPSA) is 174 Å². The molecule has 310 valence electrons. The standard InChI is InChI=1S/C41H46ClF2N11O4/c1-23-35(42)31(54-13-8-34(56)49-39(54)59)16-29(48-23)38(58)52-14-9-40(10-15-52)20-41(44,21-40)22-51-11-6-25(27(43)19-51)24-4-3-5-30-26(24)7-12-53(30)33-17-28(46-2)37-47-18-32(36(45)57)55(37)50-33/h3-5,16-18,25,27,46H,6-15,19-22H2,1-2H3,(H2,45,57)(H,49,56,59). The fraction of sp³-hybridized carbons (Fsp3) is 0.488. The molecule has 18 heteroatoms. The van der Waals surface area contributed by atoms with Gasteiger partial charge in [-0.3, -0.25) is 29.5 Å². The summed E-state index contributed by atoms with van der Waals surface area (Å²) < 4.78 is 34.0. The third-order valence-electron chi connectivity index (χ3n) is 13.0. The zero-order valence-electron chi connectivity index (χ0n) is 32.9. The Bertz CT molecular complexity index is 2390. The lowest BCUT2D eigenvalue weighted by Gasteiger charge is -2.56. The zero-order chi connectivity index (χ0) is 41.4. The molecule has 4 aliphatic heterocycles. The number of rotatable bonds is 8. The number of piperidine rings is 2. The summed E-state index contributed by atoms with van der Waals surface area (Å²) in [5.41, 5.74) is 9.18. The number of anilines is 4. The van der Waals surface area contributed by atoms with E-state index in [-0.39, 0.29) is 65.6 Å². The van der Waals surface area contributed by atoms with Gasteiger partial charge in [0.25, 0.3) is 11.8 Å². The molecule has 1 aliphatic carbocycles. The number of hydrogen-bond donors (Lipinski definition) is 3. The number of benzene rings is 1. The van der Waals surface area contributed by atoms with E-state index < -0.39 is 23.8 Å². The normalized spacial score (nSPS) is 22.7. The number of hydrogen-bond acceptors (Lipinski definition) is 10. The number of nitrogens with two attached hydrogens (primary N) is 1. The Hall–Kier alpha value is -5.42. The molecule has 2 unspecified atom stereocenters. The van der Waals surface area contributed by atoms with E-state index in [9.17, 15) is 19.2 Å². The van der Waals surface area contributed by atoms with Crippen LogP contribution in [-0.4, -0.2) is 118 Å². The zero-order valence-corrected chi connectivity index (χ0v) is 33.7. The maximum atomic E-state index is 16.4. The molecule has 3 aromatic heterocycles. The monoisotopic (exact) mass is 829 g/mol. The lowest BCUT2D eigenvalue weighted by Crippen LogP contribution is -2.59. The van der Waals surface area contributed by atoms with Crippen LogP contribution in [0.1, 0.15) is 82.2 Å². The van der Waals surface area contributed by atoms with Gasteiger partial charge in [-0.05, 0) is 80.7 Å². The Balaban J connectivity index is 0.811. The Morgan fingerprint density at radius 2 is 1.81 bits per heavy atom. The molecule has 4 aromatic rings. The number of amides is 5. The highest BCUT2D eigenvalue weighted by Gasteiger charge is 2.57. The second kappa shape index (κ2) is 14.7. The number of likely N-dealkylation sites (tertiary alicyclic amines) is 2. The van der Waals surface area contributed by atoms with Crippen molar-refractivity contribution in [1.82, 2.24) is 34.7 Å². The molecule has 15 nitrogen and oxygen atoms in total. The summed E-state index contributed by atoms with van der Waals surface area (Å²) in [5.74, 6) is -1.00. The van der Waals surface area contributed by atoms with E-state index >= 15 is 8.78 Å². The lowest BCUT2D eigenvalue weighted by molar-refractivity contribution is -0.120. The first kappa shape index (κ1) is 39.1.